The molecule has 32 heavy (non-hydrogen) atoms. The van der Waals surface area contributed by atoms with E-state index in [9.17, 15) is 13.2 Å². The van der Waals surface area contributed by atoms with Gasteiger partial charge >= 0.3 is 6.18 Å². The highest BCUT2D eigenvalue weighted by molar-refractivity contribution is 7.14. The zero-order chi connectivity index (χ0) is 22.1. The summed E-state index contributed by atoms with van der Waals surface area (Å²) in [6.45, 7) is 2.73. The number of nitrogens with zero attached hydrogens (tertiary/aromatic N) is 5. The van der Waals surface area contributed by atoms with Gasteiger partial charge in [-0.1, -0.05) is 6.07 Å². The molecule has 0 bridgehead atoms. The zero-order valence-electron chi connectivity index (χ0n) is 17.0. The molecule has 7 nitrogen and oxygen atoms in total. The molecule has 5 rings (SSSR count). The van der Waals surface area contributed by atoms with Crippen molar-refractivity contribution in [2.24, 2.45) is 4.99 Å². The predicted octanol–water partition coefficient (Wildman–Crippen LogP) is 3.94. The van der Waals surface area contributed by atoms with Crippen LogP contribution in [0.15, 0.2) is 40.8 Å². The summed E-state index contributed by atoms with van der Waals surface area (Å²) in [7, 11) is 0. The Morgan fingerprint density at radius 1 is 1.12 bits per heavy atom. The molecule has 0 aliphatic carbocycles. The van der Waals surface area contributed by atoms with Crippen LogP contribution in [0.1, 0.15) is 23.2 Å². The van der Waals surface area contributed by atoms with E-state index in [2.05, 4.69) is 25.6 Å². The Kier molecular flexibility index (Phi) is 5.41. The summed E-state index contributed by atoms with van der Waals surface area (Å²) in [5.41, 5.74) is 2.13. The van der Waals surface area contributed by atoms with Crippen molar-refractivity contribution in [2.75, 3.05) is 29.9 Å². The second-order valence-corrected chi connectivity index (χ2v) is 8.42. The molecule has 3 aromatic heterocycles. The number of thiazole rings is 1. The van der Waals surface area contributed by atoms with Crippen LogP contribution in [0.4, 0.5) is 24.1 Å². The number of pyridine rings is 2. The second-order valence-electron chi connectivity index (χ2n) is 7.56. The van der Waals surface area contributed by atoms with Gasteiger partial charge in [0.25, 0.3) is 0 Å². The number of hydrogen-bond donors (Lipinski definition) is 2. The maximum Gasteiger partial charge on any atom is 0.433 e. The van der Waals surface area contributed by atoms with E-state index >= 15 is 0 Å². The number of halogens is 3. The standard InChI is InChI=1S/C21H20F3N7S/c22-21(23,24)17-9-13-5-8-31(11-14(13)10-27-17)18-4-1-3-15(28-18)16-12-32-20(29-16)30-19-25-6-2-7-26-19/h1,3-4,9-10,12H,2,5-8,11H2,(H2,25,26,29,30). The molecule has 0 aromatic carbocycles. The fraction of sp³-hybridized carbons (Fsp3) is 0.333. The van der Waals surface area contributed by atoms with Gasteiger partial charge in [-0.25, -0.2) is 9.97 Å². The molecule has 0 spiro atoms. The van der Waals surface area contributed by atoms with Gasteiger partial charge in [-0.05, 0) is 42.2 Å². The van der Waals surface area contributed by atoms with E-state index in [-0.39, 0.29) is 0 Å². The third-order valence-corrected chi connectivity index (χ3v) is 6.09. The Hall–Kier alpha value is -3.21. The predicted molar refractivity (Wildman–Crippen MR) is 118 cm³/mol. The minimum Gasteiger partial charge on any atom is -0.356 e. The van der Waals surface area contributed by atoms with E-state index in [0.717, 1.165) is 59.4 Å². The van der Waals surface area contributed by atoms with E-state index in [1.807, 2.05) is 28.5 Å². The highest BCUT2D eigenvalue weighted by Gasteiger charge is 2.33. The lowest BCUT2D eigenvalue weighted by Gasteiger charge is -2.30. The first kappa shape index (κ1) is 20.7. The van der Waals surface area contributed by atoms with Crippen molar-refractivity contribution in [1.29, 1.82) is 0 Å². The Labute approximate surface area is 186 Å². The van der Waals surface area contributed by atoms with Crippen molar-refractivity contribution in [3.8, 4) is 11.4 Å². The molecule has 0 atom stereocenters. The monoisotopic (exact) mass is 459 g/mol. The van der Waals surface area contributed by atoms with Crippen LogP contribution in [0.3, 0.4) is 0 Å². The fourth-order valence-electron chi connectivity index (χ4n) is 3.70. The maximum atomic E-state index is 12.9. The Bertz CT molecular complexity index is 1160. The van der Waals surface area contributed by atoms with Crippen molar-refractivity contribution in [3.05, 3.63) is 52.7 Å². The Morgan fingerprint density at radius 3 is 2.84 bits per heavy atom. The molecular formula is C21H20F3N7S. The topological polar surface area (TPSA) is 78.3 Å². The fourth-order valence-corrected chi connectivity index (χ4v) is 4.40. The molecule has 0 saturated heterocycles. The number of alkyl halides is 3. The summed E-state index contributed by atoms with van der Waals surface area (Å²) >= 11 is 1.48. The van der Waals surface area contributed by atoms with Gasteiger partial charge in [0, 0.05) is 37.8 Å². The Balaban J connectivity index is 1.32. The lowest BCUT2D eigenvalue weighted by Crippen LogP contribution is -2.35. The highest BCUT2D eigenvalue weighted by atomic mass is 32.1. The molecule has 2 aliphatic heterocycles. The summed E-state index contributed by atoms with van der Waals surface area (Å²) in [5.74, 6) is 1.49. The third kappa shape index (κ3) is 4.38. The first-order valence-electron chi connectivity index (χ1n) is 10.2. The molecule has 0 fully saturated rings. The van der Waals surface area contributed by atoms with Crippen molar-refractivity contribution < 1.29 is 13.2 Å². The lowest BCUT2D eigenvalue weighted by molar-refractivity contribution is -0.141. The number of aliphatic imine (C=N–C) groups is 1. The van der Waals surface area contributed by atoms with Crippen LogP contribution in [0, 0.1) is 0 Å². The van der Waals surface area contributed by atoms with Crippen LogP contribution in [-0.2, 0) is 19.1 Å². The minimum atomic E-state index is -4.43. The highest BCUT2D eigenvalue weighted by Crippen LogP contribution is 2.31. The van der Waals surface area contributed by atoms with Crippen molar-refractivity contribution in [2.45, 2.75) is 25.6 Å². The number of nitrogens with one attached hydrogen (secondary N) is 2. The molecule has 0 radical (unpaired) electrons. The number of hydrogen-bond acceptors (Lipinski definition) is 8. The van der Waals surface area contributed by atoms with Crippen LogP contribution in [0.25, 0.3) is 11.4 Å². The van der Waals surface area contributed by atoms with E-state index in [1.54, 1.807) is 0 Å². The van der Waals surface area contributed by atoms with Crippen molar-refractivity contribution >= 4 is 28.2 Å². The van der Waals surface area contributed by atoms with Crippen LogP contribution >= 0.6 is 11.3 Å². The van der Waals surface area contributed by atoms with Crippen LogP contribution < -0.4 is 15.5 Å². The molecular weight excluding hydrogens is 439 g/mol. The van der Waals surface area contributed by atoms with Gasteiger partial charge in [0.2, 0.25) is 0 Å². The lowest BCUT2D eigenvalue weighted by atomic mass is 10.0. The van der Waals surface area contributed by atoms with Gasteiger partial charge in [0.15, 0.2) is 11.1 Å². The smallest absolute Gasteiger partial charge is 0.356 e. The maximum absolute atomic E-state index is 12.9. The SMILES string of the molecule is FC(F)(F)c1cc2c(cn1)CN(c1cccc(-c3csc(NC4=NCCCN4)n3)n1)CC2. The van der Waals surface area contributed by atoms with Gasteiger partial charge in [-0.3, -0.25) is 9.98 Å². The van der Waals surface area contributed by atoms with Gasteiger partial charge in [0.1, 0.15) is 17.2 Å². The average molecular weight is 460 g/mol. The van der Waals surface area contributed by atoms with Crippen LogP contribution in [-0.4, -0.2) is 40.5 Å². The molecule has 2 aliphatic rings. The molecule has 0 unspecified atom stereocenters. The van der Waals surface area contributed by atoms with Crippen molar-refractivity contribution in [1.82, 2.24) is 20.3 Å². The quantitative estimate of drug-likeness (QED) is 0.618. The third-order valence-electron chi connectivity index (χ3n) is 5.33. The van der Waals surface area contributed by atoms with Gasteiger partial charge in [-0.2, -0.15) is 13.2 Å². The normalized spacial score (nSPS) is 16.2. The molecule has 0 amide bonds. The van der Waals surface area contributed by atoms with Crippen molar-refractivity contribution in [3.63, 3.8) is 0 Å². The Morgan fingerprint density at radius 2 is 2.03 bits per heavy atom. The summed E-state index contributed by atoms with van der Waals surface area (Å²) in [4.78, 5) is 19.4. The van der Waals surface area contributed by atoms with E-state index in [1.165, 1.54) is 17.5 Å². The second kappa shape index (κ2) is 8.38. The first-order chi connectivity index (χ1) is 15.5. The number of fused-ring (bicyclic) bond motifs is 1. The summed E-state index contributed by atoms with van der Waals surface area (Å²) in [6, 6.07) is 6.87. The van der Waals surface area contributed by atoms with Gasteiger partial charge in [0.05, 0.1) is 5.69 Å². The molecule has 11 heteroatoms. The molecule has 3 aromatic rings. The van der Waals surface area contributed by atoms with Gasteiger partial charge < -0.3 is 15.5 Å². The minimum absolute atomic E-state index is 0.465. The molecule has 166 valence electrons. The average Bonchev–Trinajstić information content (AvgIpc) is 3.27. The van der Waals surface area contributed by atoms with E-state index in [0.29, 0.717) is 25.1 Å². The van der Waals surface area contributed by atoms with E-state index < -0.39 is 11.9 Å². The number of rotatable bonds is 3. The summed E-state index contributed by atoms with van der Waals surface area (Å²) < 4.78 is 38.8. The molecule has 5 heterocycles. The summed E-state index contributed by atoms with van der Waals surface area (Å²) in [5, 5.41) is 9.07. The summed E-state index contributed by atoms with van der Waals surface area (Å²) in [6.07, 6.45) is -1.57. The van der Waals surface area contributed by atoms with Crippen LogP contribution in [0.5, 0.6) is 0 Å². The molecule has 2 N–H and O–H groups in total. The zero-order valence-corrected chi connectivity index (χ0v) is 17.8. The van der Waals surface area contributed by atoms with E-state index in [4.69, 9.17) is 4.98 Å². The number of anilines is 2. The molecule has 0 saturated carbocycles. The van der Waals surface area contributed by atoms with Crippen LogP contribution in [0.2, 0.25) is 0 Å². The largest absolute Gasteiger partial charge is 0.433 e. The number of guanidine groups is 1. The van der Waals surface area contributed by atoms with Gasteiger partial charge in [-0.15, -0.1) is 11.3 Å². The number of aromatic nitrogens is 3. The first-order valence-corrected chi connectivity index (χ1v) is 11.1.